The minimum Gasteiger partial charge on any atom is -0.368 e. The maximum absolute atomic E-state index is 13.1. The van der Waals surface area contributed by atoms with Crippen LogP contribution in [-0.2, 0) is 9.59 Å². The predicted octanol–water partition coefficient (Wildman–Crippen LogP) is 3.10. The van der Waals surface area contributed by atoms with Gasteiger partial charge in [-0.1, -0.05) is 23.9 Å². The molecule has 2 aromatic carbocycles. The van der Waals surface area contributed by atoms with E-state index in [1.165, 1.54) is 30.0 Å². The average Bonchev–Trinajstić information content (AvgIpc) is 2.69. The molecule has 0 radical (unpaired) electrons. The molecule has 27 heavy (non-hydrogen) atoms. The van der Waals surface area contributed by atoms with Crippen LogP contribution in [0.2, 0.25) is 0 Å². The van der Waals surface area contributed by atoms with Crippen LogP contribution in [0.25, 0.3) is 0 Å². The number of hydrogen-bond acceptors (Lipinski definition) is 4. The van der Waals surface area contributed by atoms with Crippen LogP contribution < -0.4 is 10.2 Å². The van der Waals surface area contributed by atoms with Gasteiger partial charge in [-0.3, -0.25) is 9.59 Å². The van der Waals surface area contributed by atoms with Crippen molar-refractivity contribution in [2.24, 2.45) is 0 Å². The fraction of sp³-hybridized carbons (Fsp3) is 0.200. The van der Waals surface area contributed by atoms with Crippen LogP contribution in [0, 0.1) is 5.82 Å². The fourth-order valence-electron chi connectivity index (χ4n) is 3.14. The summed E-state index contributed by atoms with van der Waals surface area (Å²) in [5, 5.41) is 2.81. The number of anilines is 2. The molecule has 1 N–H and O–H groups in total. The number of carbonyl (C=O) groups excluding carboxylic acids is 2. The Kier molecular flexibility index (Phi) is 4.85. The average molecular weight is 383 g/mol. The standard InChI is InChI=1S/C20H18FN3O2S/c21-14-5-7-15(8-6-14)23-9-11-24(12-10-23)19(25)13-18-20(26)22-16-3-1-2-4-17(16)27-18/h1-8,13H,9-12H2,(H,22,26). The van der Waals surface area contributed by atoms with Crippen LogP contribution in [0.3, 0.4) is 0 Å². The number of thioether (sulfide) groups is 1. The largest absolute Gasteiger partial charge is 0.368 e. The van der Waals surface area contributed by atoms with E-state index in [9.17, 15) is 14.0 Å². The lowest BCUT2D eigenvalue weighted by molar-refractivity contribution is -0.126. The van der Waals surface area contributed by atoms with E-state index in [1.54, 1.807) is 17.0 Å². The van der Waals surface area contributed by atoms with E-state index in [0.29, 0.717) is 31.1 Å². The summed E-state index contributed by atoms with van der Waals surface area (Å²) in [6.45, 7) is 2.46. The monoisotopic (exact) mass is 383 g/mol. The molecule has 2 amide bonds. The SMILES string of the molecule is O=C1Nc2ccccc2SC1=CC(=O)N1CCN(c2ccc(F)cc2)CC1. The molecule has 2 heterocycles. The predicted molar refractivity (Wildman–Crippen MR) is 104 cm³/mol. The van der Waals surface area contributed by atoms with E-state index in [2.05, 4.69) is 10.2 Å². The van der Waals surface area contributed by atoms with Crippen molar-refractivity contribution in [3.05, 3.63) is 65.3 Å². The molecule has 2 aliphatic rings. The van der Waals surface area contributed by atoms with Crippen LogP contribution in [-0.4, -0.2) is 42.9 Å². The van der Waals surface area contributed by atoms with Gasteiger partial charge in [0.05, 0.1) is 10.6 Å². The number of halogens is 1. The second-order valence-electron chi connectivity index (χ2n) is 6.35. The molecule has 5 nitrogen and oxygen atoms in total. The van der Waals surface area contributed by atoms with E-state index >= 15 is 0 Å². The fourth-order valence-corrected chi connectivity index (χ4v) is 4.06. The maximum atomic E-state index is 13.1. The Morgan fingerprint density at radius 3 is 2.48 bits per heavy atom. The van der Waals surface area contributed by atoms with Crippen molar-refractivity contribution in [1.29, 1.82) is 0 Å². The number of para-hydroxylation sites is 1. The number of rotatable bonds is 2. The van der Waals surface area contributed by atoms with Gasteiger partial charge < -0.3 is 15.1 Å². The molecule has 0 aromatic heterocycles. The highest BCUT2D eigenvalue weighted by atomic mass is 32.2. The number of hydrogen-bond donors (Lipinski definition) is 1. The molecule has 4 rings (SSSR count). The molecule has 2 aliphatic heterocycles. The third-order valence-corrected chi connectivity index (χ3v) is 5.72. The molecule has 0 saturated carbocycles. The molecule has 0 bridgehead atoms. The topological polar surface area (TPSA) is 52.7 Å². The van der Waals surface area contributed by atoms with Crippen molar-refractivity contribution in [1.82, 2.24) is 4.90 Å². The van der Waals surface area contributed by atoms with Gasteiger partial charge in [0.25, 0.3) is 5.91 Å². The van der Waals surface area contributed by atoms with Crippen LogP contribution in [0.15, 0.2) is 64.4 Å². The van der Waals surface area contributed by atoms with Gasteiger partial charge in [0.1, 0.15) is 5.82 Å². The Morgan fingerprint density at radius 1 is 1.04 bits per heavy atom. The summed E-state index contributed by atoms with van der Waals surface area (Å²) in [5.74, 6) is -0.674. The Bertz CT molecular complexity index is 906. The third kappa shape index (κ3) is 3.83. The lowest BCUT2D eigenvalue weighted by Crippen LogP contribution is -2.48. The first kappa shape index (κ1) is 17.6. The highest BCUT2D eigenvalue weighted by Crippen LogP contribution is 2.37. The molecule has 138 valence electrons. The summed E-state index contributed by atoms with van der Waals surface area (Å²) in [5.41, 5.74) is 1.71. The molecule has 0 spiro atoms. The molecule has 0 unspecified atom stereocenters. The smallest absolute Gasteiger partial charge is 0.262 e. The summed E-state index contributed by atoms with van der Waals surface area (Å²) in [7, 11) is 0. The van der Waals surface area contributed by atoms with E-state index in [0.717, 1.165) is 16.3 Å². The first-order chi connectivity index (χ1) is 13.1. The zero-order valence-corrected chi connectivity index (χ0v) is 15.3. The van der Waals surface area contributed by atoms with Crippen molar-refractivity contribution in [3.63, 3.8) is 0 Å². The van der Waals surface area contributed by atoms with Gasteiger partial charge in [-0.05, 0) is 36.4 Å². The van der Waals surface area contributed by atoms with Gasteiger partial charge in [0.15, 0.2) is 0 Å². The summed E-state index contributed by atoms with van der Waals surface area (Å²) < 4.78 is 13.1. The second-order valence-corrected chi connectivity index (χ2v) is 7.43. The molecule has 2 aromatic rings. The van der Waals surface area contributed by atoms with Crippen LogP contribution >= 0.6 is 11.8 Å². The lowest BCUT2D eigenvalue weighted by Gasteiger charge is -2.35. The highest BCUT2D eigenvalue weighted by Gasteiger charge is 2.25. The van der Waals surface area contributed by atoms with E-state index in [4.69, 9.17) is 0 Å². The summed E-state index contributed by atoms with van der Waals surface area (Å²) >= 11 is 1.31. The molecular formula is C20H18FN3O2S. The molecule has 7 heteroatoms. The minimum atomic E-state index is -0.260. The summed E-state index contributed by atoms with van der Waals surface area (Å²) in [4.78, 5) is 30.0. The normalized spacial score (nSPS) is 18.3. The third-order valence-electron chi connectivity index (χ3n) is 4.62. The van der Waals surface area contributed by atoms with Gasteiger partial charge in [0, 0.05) is 42.8 Å². The minimum absolute atomic E-state index is 0.161. The number of fused-ring (bicyclic) bond motifs is 1. The number of nitrogens with one attached hydrogen (secondary N) is 1. The van der Waals surface area contributed by atoms with Crippen LogP contribution in [0.5, 0.6) is 0 Å². The Morgan fingerprint density at radius 2 is 1.74 bits per heavy atom. The molecule has 1 fully saturated rings. The van der Waals surface area contributed by atoms with Gasteiger partial charge >= 0.3 is 0 Å². The van der Waals surface area contributed by atoms with Crippen molar-refractivity contribution in [3.8, 4) is 0 Å². The lowest BCUT2D eigenvalue weighted by atomic mass is 10.2. The molecule has 0 atom stereocenters. The van der Waals surface area contributed by atoms with Crippen molar-refractivity contribution >= 4 is 35.0 Å². The number of piperazine rings is 1. The number of nitrogens with zero attached hydrogens (tertiary/aromatic N) is 2. The first-order valence-corrected chi connectivity index (χ1v) is 9.51. The van der Waals surface area contributed by atoms with Crippen molar-refractivity contribution in [2.45, 2.75) is 4.90 Å². The van der Waals surface area contributed by atoms with Crippen molar-refractivity contribution in [2.75, 3.05) is 36.4 Å². The summed E-state index contributed by atoms with van der Waals surface area (Å²) in [6.07, 6.45) is 1.42. The van der Waals surface area contributed by atoms with E-state index < -0.39 is 0 Å². The maximum Gasteiger partial charge on any atom is 0.262 e. The van der Waals surface area contributed by atoms with Crippen LogP contribution in [0.1, 0.15) is 0 Å². The Labute approximate surface area is 160 Å². The molecular weight excluding hydrogens is 365 g/mol. The van der Waals surface area contributed by atoms with Gasteiger partial charge in [0.2, 0.25) is 5.91 Å². The Balaban J connectivity index is 1.40. The number of amides is 2. The van der Waals surface area contributed by atoms with Crippen molar-refractivity contribution < 1.29 is 14.0 Å². The van der Waals surface area contributed by atoms with Crippen LogP contribution in [0.4, 0.5) is 15.8 Å². The zero-order chi connectivity index (χ0) is 18.8. The van der Waals surface area contributed by atoms with Gasteiger partial charge in [-0.2, -0.15) is 0 Å². The zero-order valence-electron chi connectivity index (χ0n) is 14.5. The Hall–Kier alpha value is -2.80. The van der Waals surface area contributed by atoms with E-state index in [1.807, 2.05) is 24.3 Å². The highest BCUT2D eigenvalue weighted by molar-refractivity contribution is 8.04. The number of benzene rings is 2. The van der Waals surface area contributed by atoms with Gasteiger partial charge in [-0.25, -0.2) is 4.39 Å². The van der Waals surface area contributed by atoms with Gasteiger partial charge in [-0.15, -0.1) is 0 Å². The first-order valence-electron chi connectivity index (χ1n) is 8.69. The summed E-state index contributed by atoms with van der Waals surface area (Å²) in [6, 6.07) is 13.9. The molecule has 1 saturated heterocycles. The quantitative estimate of drug-likeness (QED) is 0.810. The second kappa shape index (κ2) is 7.44. The number of carbonyl (C=O) groups is 2. The molecule has 0 aliphatic carbocycles. The van der Waals surface area contributed by atoms with E-state index in [-0.39, 0.29) is 17.6 Å².